The fourth-order valence-corrected chi connectivity index (χ4v) is 3.09. The molecule has 27 heavy (non-hydrogen) atoms. The number of halogens is 1. The summed E-state index contributed by atoms with van der Waals surface area (Å²) in [4.78, 5) is 18.3. The van der Waals surface area contributed by atoms with Gasteiger partial charge in [0.1, 0.15) is 0 Å². The summed E-state index contributed by atoms with van der Waals surface area (Å²) < 4.78 is 0. The molecule has 5 nitrogen and oxygen atoms in total. The lowest BCUT2D eigenvalue weighted by Crippen LogP contribution is -2.35. The molecule has 1 aliphatic rings. The van der Waals surface area contributed by atoms with Crippen LogP contribution in [-0.2, 0) is 17.8 Å². The molecule has 3 rings (SSSR count). The van der Waals surface area contributed by atoms with Gasteiger partial charge in [-0.25, -0.2) is 4.99 Å². The van der Waals surface area contributed by atoms with Gasteiger partial charge in [-0.2, -0.15) is 0 Å². The highest BCUT2D eigenvalue weighted by Crippen LogP contribution is 2.21. The summed E-state index contributed by atoms with van der Waals surface area (Å²) in [5.74, 6) is 0.610. The van der Waals surface area contributed by atoms with Gasteiger partial charge < -0.3 is 16.0 Å². The third-order valence-corrected chi connectivity index (χ3v) is 4.61. The van der Waals surface area contributed by atoms with E-state index in [0.29, 0.717) is 18.9 Å². The van der Waals surface area contributed by atoms with Gasteiger partial charge in [0.25, 0.3) is 0 Å². The number of aryl methyl sites for hydroxylation is 1. The van der Waals surface area contributed by atoms with Crippen molar-refractivity contribution in [3.05, 3.63) is 59.7 Å². The molecule has 1 fully saturated rings. The van der Waals surface area contributed by atoms with E-state index in [4.69, 9.17) is 5.73 Å². The van der Waals surface area contributed by atoms with Gasteiger partial charge in [0.2, 0.25) is 5.91 Å². The molecule has 1 heterocycles. The van der Waals surface area contributed by atoms with Crippen molar-refractivity contribution in [1.29, 1.82) is 0 Å². The lowest BCUT2D eigenvalue weighted by atomic mass is 10.1. The lowest BCUT2D eigenvalue weighted by Gasteiger charge is -2.26. The Balaban J connectivity index is 0.00000261. The minimum Gasteiger partial charge on any atom is -0.370 e. The molecular weight excluding hydrogens is 451 g/mol. The number of nitrogens with one attached hydrogen (secondary N) is 1. The number of carbonyl (C=O) groups is 1. The van der Waals surface area contributed by atoms with Crippen LogP contribution in [0, 0.1) is 0 Å². The van der Waals surface area contributed by atoms with E-state index in [0.717, 1.165) is 42.7 Å². The van der Waals surface area contributed by atoms with Gasteiger partial charge in [0.05, 0.1) is 6.54 Å². The standard InChI is InChI=1S/C21H26N4O.HI/c1-2-16-6-5-7-18(14-16)24-21(22)23-15-17-9-11-19(12-10-17)25-13-4-3-8-20(25)26;/h5-7,9-12,14H,2-4,8,13,15H2,1H3,(H3,22,23,24);1H. The summed E-state index contributed by atoms with van der Waals surface area (Å²) in [5, 5.41) is 3.13. The van der Waals surface area contributed by atoms with Crippen LogP contribution in [0.25, 0.3) is 0 Å². The Morgan fingerprint density at radius 2 is 1.93 bits per heavy atom. The fourth-order valence-electron chi connectivity index (χ4n) is 3.09. The summed E-state index contributed by atoms with van der Waals surface area (Å²) in [6, 6.07) is 16.1. The molecule has 144 valence electrons. The third kappa shape index (κ3) is 5.95. The maximum Gasteiger partial charge on any atom is 0.226 e. The molecule has 0 atom stereocenters. The first kappa shape index (κ1) is 21.2. The number of piperidine rings is 1. The van der Waals surface area contributed by atoms with E-state index in [2.05, 4.69) is 29.4 Å². The number of rotatable bonds is 5. The molecule has 3 N–H and O–H groups in total. The molecular formula is C21H27IN4O. The van der Waals surface area contributed by atoms with Crippen molar-refractivity contribution in [2.24, 2.45) is 10.7 Å². The number of amides is 1. The summed E-state index contributed by atoms with van der Waals surface area (Å²) >= 11 is 0. The molecule has 0 aliphatic carbocycles. The van der Waals surface area contributed by atoms with E-state index in [-0.39, 0.29) is 29.9 Å². The molecule has 2 aromatic rings. The Labute approximate surface area is 178 Å². The van der Waals surface area contributed by atoms with Crippen LogP contribution < -0.4 is 16.0 Å². The fraction of sp³-hybridized carbons (Fsp3) is 0.333. The first-order valence-corrected chi connectivity index (χ1v) is 9.21. The van der Waals surface area contributed by atoms with Crippen LogP contribution in [0.2, 0.25) is 0 Å². The second-order valence-electron chi connectivity index (χ2n) is 6.55. The minimum atomic E-state index is 0. The number of hydrogen-bond donors (Lipinski definition) is 2. The number of nitrogens with two attached hydrogens (primary N) is 1. The predicted octanol–water partition coefficient (Wildman–Crippen LogP) is 4.31. The molecule has 0 bridgehead atoms. The SMILES string of the molecule is CCc1cccc(NC(N)=NCc2ccc(N3CCCCC3=O)cc2)c1.I. The van der Waals surface area contributed by atoms with Crippen molar-refractivity contribution in [3.8, 4) is 0 Å². The number of anilines is 2. The summed E-state index contributed by atoms with van der Waals surface area (Å²) in [6.07, 6.45) is 3.70. The van der Waals surface area contributed by atoms with Crippen molar-refractivity contribution in [1.82, 2.24) is 0 Å². The molecule has 0 spiro atoms. The highest BCUT2D eigenvalue weighted by molar-refractivity contribution is 14.0. The first-order valence-electron chi connectivity index (χ1n) is 9.21. The number of aliphatic imine (C=N–C) groups is 1. The number of guanidine groups is 1. The maximum atomic E-state index is 12.0. The predicted molar refractivity (Wildman–Crippen MR) is 123 cm³/mol. The average molecular weight is 478 g/mol. The van der Waals surface area contributed by atoms with Crippen LogP contribution in [-0.4, -0.2) is 18.4 Å². The van der Waals surface area contributed by atoms with Crippen LogP contribution in [0.15, 0.2) is 53.5 Å². The summed E-state index contributed by atoms with van der Waals surface area (Å²) in [7, 11) is 0. The molecule has 0 radical (unpaired) electrons. The quantitative estimate of drug-likeness (QED) is 0.382. The normalized spacial score (nSPS) is 14.6. The van der Waals surface area contributed by atoms with E-state index >= 15 is 0 Å². The number of nitrogens with zero attached hydrogens (tertiary/aromatic N) is 2. The van der Waals surface area contributed by atoms with E-state index in [1.807, 2.05) is 41.3 Å². The molecule has 0 saturated carbocycles. The maximum absolute atomic E-state index is 12.0. The molecule has 1 aliphatic heterocycles. The first-order chi connectivity index (χ1) is 12.7. The van der Waals surface area contributed by atoms with E-state index in [9.17, 15) is 4.79 Å². The molecule has 0 aromatic heterocycles. The Morgan fingerprint density at radius 1 is 1.15 bits per heavy atom. The van der Waals surface area contributed by atoms with Gasteiger partial charge in [0.15, 0.2) is 5.96 Å². The van der Waals surface area contributed by atoms with Gasteiger partial charge >= 0.3 is 0 Å². The minimum absolute atomic E-state index is 0. The van der Waals surface area contributed by atoms with Gasteiger partial charge in [-0.15, -0.1) is 24.0 Å². The monoisotopic (exact) mass is 478 g/mol. The number of benzene rings is 2. The Hall–Kier alpha value is -2.09. The van der Waals surface area contributed by atoms with Gasteiger partial charge in [-0.3, -0.25) is 4.79 Å². The second kappa shape index (κ2) is 10.3. The van der Waals surface area contributed by atoms with Gasteiger partial charge in [0, 0.05) is 24.3 Å². The van der Waals surface area contributed by atoms with Gasteiger partial charge in [-0.1, -0.05) is 31.2 Å². The van der Waals surface area contributed by atoms with Crippen molar-refractivity contribution in [2.75, 3.05) is 16.8 Å². The highest BCUT2D eigenvalue weighted by Gasteiger charge is 2.19. The largest absolute Gasteiger partial charge is 0.370 e. The van der Waals surface area contributed by atoms with Crippen LogP contribution in [0.5, 0.6) is 0 Å². The summed E-state index contributed by atoms with van der Waals surface area (Å²) in [5.41, 5.74) is 10.2. The Morgan fingerprint density at radius 3 is 2.63 bits per heavy atom. The molecule has 1 saturated heterocycles. The van der Waals surface area contributed by atoms with Crippen molar-refractivity contribution >= 4 is 47.2 Å². The van der Waals surface area contributed by atoms with Crippen LogP contribution >= 0.6 is 24.0 Å². The molecule has 2 aromatic carbocycles. The zero-order chi connectivity index (χ0) is 18.4. The molecule has 6 heteroatoms. The topological polar surface area (TPSA) is 70.7 Å². The van der Waals surface area contributed by atoms with E-state index in [1.54, 1.807) is 0 Å². The lowest BCUT2D eigenvalue weighted by molar-refractivity contribution is -0.119. The zero-order valence-electron chi connectivity index (χ0n) is 15.6. The van der Waals surface area contributed by atoms with E-state index < -0.39 is 0 Å². The highest BCUT2D eigenvalue weighted by atomic mass is 127. The molecule has 0 unspecified atom stereocenters. The third-order valence-electron chi connectivity index (χ3n) is 4.61. The zero-order valence-corrected chi connectivity index (χ0v) is 18.0. The van der Waals surface area contributed by atoms with Crippen LogP contribution in [0.4, 0.5) is 11.4 Å². The van der Waals surface area contributed by atoms with Crippen molar-refractivity contribution in [3.63, 3.8) is 0 Å². The second-order valence-corrected chi connectivity index (χ2v) is 6.55. The van der Waals surface area contributed by atoms with Crippen molar-refractivity contribution < 1.29 is 4.79 Å². The van der Waals surface area contributed by atoms with Crippen LogP contribution in [0.3, 0.4) is 0 Å². The Bertz CT molecular complexity index is 789. The number of hydrogen-bond acceptors (Lipinski definition) is 2. The van der Waals surface area contributed by atoms with Crippen LogP contribution in [0.1, 0.15) is 37.3 Å². The summed E-state index contributed by atoms with van der Waals surface area (Å²) in [6.45, 7) is 3.43. The number of carbonyl (C=O) groups excluding carboxylic acids is 1. The molecule has 1 amide bonds. The Kier molecular flexibility index (Phi) is 8.09. The van der Waals surface area contributed by atoms with E-state index in [1.165, 1.54) is 5.56 Å². The average Bonchev–Trinajstić information content (AvgIpc) is 2.67. The van der Waals surface area contributed by atoms with Gasteiger partial charge in [-0.05, 0) is 54.7 Å². The smallest absolute Gasteiger partial charge is 0.226 e. The van der Waals surface area contributed by atoms with Crippen molar-refractivity contribution in [2.45, 2.75) is 39.2 Å².